The van der Waals surface area contributed by atoms with Gasteiger partial charge in [-0.15, -0.1) is 0 Å². The Morgan fingerprint density at radius 3 is 0.905 bits per heavy atom. The lowest BCUT2D eigenvalue weighted by Crippen LogP contribution is -2.50. The molecule has 0 aromatic rings. The Kier molecular flexibility index (Phi) is 24.7. The summed E-state index contributed by atoms with van der Waals surface area (Å²) in [4.78, 5) is 0. The molecule has 0 atom stereocenters. The molecule has 0 aliphatic rings. The van der Waals surface area contributed by atoms with Crippen LogP contribution in [0.15, 0.2) is 0 Å². The number of nitrogens with zero attached hydrogens (tertiary/aromatic N) is 1. The van der Waals surface area contributed by atoms with Crippen LogP contribution in [0.4, 0.5) is 0 Å². The van der Waals surface area contributed by atoms with Crippen LogP contribution in [0.5, 0.6) is 0 Å². The average Bonchev–Trinajstić information content (AvgIpc) is 2.46. The molecule has 0 amide bonds. The third kappa shape index (κ3) is 16.2. The van der Waals surface area contributed by atoms with Crippen LogP contribution >= 0.6 is 0 Å². The first-order valence-electron chi connectivity index (χ1n) is 9.12. The molecule has 0 aromatic heterocycles. The maximum atomic E-state index is 7.57. The van der Waals surface area contributed by atoms with Crippen LogP contribution in [0.25, 0.3) is 0 Å². The first-order valence-corrected chi connectivity index (χ1v) is 9.12. The zero-order chi connectivity index (χ0) is 15.7. The van der Waals surface area contributed by atoms with Crippen molar-refractivity contribution in [3.63, 3.8) is 0 Å². The minimum Gasteiger partial charge on any atom is -0.397 e. The van der Waals surface area contributed by atoms with Crippen LogP contribution in [-0.2, 0) is 0 Å². The summed E-state index contributed by atoms with van der Waals surface area (Å²) in [6.45, 7) is 16.9. The monoisotopic (exact) mass is 303 g/mol. The fourth-order valence-corrected chi connectivity index (χ4v) is 2.64. The zero-order valence-electron chi connectivity index (χ0n) is 15.1. The molecule has 0 rings (SSSR count). The lowest BCUT2D eigenvalue weighted by molar-refractivity contribution is -0.929. The molecule has 1 N–H and O–H groups in total. The summed E-state index contributed by atoms with van der Waals surface area (Å²) in [5, 5.41) is 7.57. The normalized spacial score (nSPS) is 10.6. The lowest BCUT2D eigenvalue weighted by Gasteiger charge is -2.39. The fraction of sp³-hybridized carbons (Fsp3) is 1.00. The highest BCUT2D eigenvalue weighted by Crippen LogP contribution is 2.16. The molecule has 0 radical (unpaired) electrons. The number of rotatable bonds is 12. The van der Waals surface area contributed by atoms with Crippen molar-refractivity contribution in [2.75, 3.05) is 32.8 Å². The zero-order valence-corrected chi connectivity index (χ0v) is 15.1. The van der Waals surface area contributed by atoms with E-state index in [0.29, 0.717) is 0 Å². The predicted octanol–water partition coefficient (Wildman–Crippen LogP) is 3.55. The van der Waals surface area contributed by atoms with Gasteiger partial charge in [0.1, 0.15) is 0 Å². The van der Waals surface area contributed by atoms with E-state index in [4.69, 9.17) is 5.11 Å². The molecule has 0 heterocycles. The van der Waals surface area contributed by atoms with Crippen molar-refractivity contribution in [2.45, 2.75) is 86.0 Å². The minimum atomic E-state index is 0. The van der Waals surface area contributed by atoms with Crippen molar-refractivity contribution < 1.29 is 9.59 Å². The predicted molar refractivity (Wildman–Crippen MR) is 103 cm³/mol. The SMILES string of the molecule is CCCC[N+](CCCC)(CCCC)CCCC.CCO.[BH4-]. The Morgan fingerprint density at radius 1 is 0.571 bits per heavy atom. The van der Waals surface area contributed by atoms with E-state index >= 15 is 0 Å². The van der Waals surface area contributed by atoms with Gasteiger partial charge in [0.15, 0.2) is 0 Å². The van der Waals surface area contributed by atoms with Gasteiger partial charge in [0.25, 0.3) is 0 Å². The first kappa shape index (κ1) is 25.9. The van der Waals surface area contributed by atoms with Crippen LogP contribution in [-0.4, -0.2) is 50.8 Å². The molecule has 3 heteroatoms. The van der Waals surface area contributed by atoms with E-state index in [2.05, 4.69) is 27.7 Å². The molecule has 0 aliphatic carbocycles. The number of unbranched alkanes of at least 4 members (excludes halogenated alkanes) is 4. The molecule has 0 saturated carbocycles. The molecular formula is C18H46BNO. The summed E-state index contributed by atoms with van der Waals surface area (Å²) in [7, 11) is 0. The molecule has 21 heavy (non-hydrogen) atoms. The van der Waals surface area contributed by atoms with E-state index in [0.717, 1.165) is 0 Å². The van der Waals surface area contributed by atoms with Crippen molar-refractivity contribution in [3.05, 3.63) is 0 Å². The van der Waals surface area contributed by atoms with Gasteiger partial charge >= 0.3 is 0 Å². The standard InChI is InChI=1S/C16H36N.C2H6O.BH4/c1-5-9-13-17(14-10-6-2,15-11-7-3)16-12-8-4;1-2-3;/h5-16H2,1-4H3;3H,2H2,1H3;1H4/q+1;;-1. The van der Waals surface area contributed by atoms with Gasteiger partial charge < -0.3 is 9.59 Å². The number of aliphatic hydroxyl groups is 1. The van der Waals surface area contributed by atoms with E-state index in [-0.39, 0.29) is 15.0 Å². The number of aliphatic hydroxyl groups excluding tert-OH is 1. The smallest absolute Gasteiger partial charge is 0.0786 e. The molecule has 0 saturated heterocycles. The van der Waals surface area contributed by atoms with Gasteiger partial charge in [-0.3, -0.25) is 0 Å². The second kappa shape index (κ2) is 20.0. The van der Waals surface area contributed by atoms with Crippen molar-refractivity contribution in [1.82, 2.24) is 0 Å². The Bertz CT molecular complexity index is 139. The summed E-state index contributed by atoms with van der Waals surface area (Å²) in [6, 6.07) is 0. The quantitative estimate of drug-likeness (QED) is 0.432. The average molecular weight is 303 g/mol. The van der Waals surface area contributed by atoms with E-state index in [1.807, 2.05) is 0 Å². The van der Waals surface area contributed by atoms with Crippen molar-refractivity contribution in [3.8, 4) is 0 Å². The Balaban J connectivity index is -0.000000740. The summed E-state index contributed by atoms with van der Waals surface area (Å²) in [5.74, 6) is 0. The summed E-state index contributed by atoms with van der Waals surface area (Å²) in [5.41, 5.74) is 0. The van der Waals surface area contributed by atoms with E-state index in [1.165, 1.54) is 82.0 Å². The van der Waals surface area contributed by atoms with Crippen molar-refractivity contribution in [2.24, 2.45) is 0 Å². The topological polar surface area (TPSA) is 20.2 Å². The molecule has 0 fully saturated rings. The Morgan fingerprint density at radius 2 is 0.762 bits per heavy atom. The van der Waals surface area contributed by atoms with Gasteiger partial charge in [-0.25, -0.2) is 0 Å². The highest BCUT2D eigenvalue weighted by atomic mass is 16.2. The fourth-order valence-electron chi connectivity index (χ4n) is 2.64. The highest BCUT2D eigenvalue weighted by Gasteiger charge is 2.24. The van der Waals surface area contributed by atoms with Crippen LogP contribution in [0, 0.1) is 0 Å². The second-order valence-electron chi connectivity index (χ2n) is 5.97. The molecule has 132 valence electrons. The van der Waals surface area contributed by atoms with E-state index in [1.54, 1.807) is 6.92 Å². The van der Waals surface area contributed by atoms with E-state index in [9.17, 15) is 0 Å². The Hall–Kier alpha value is -0.0151. The van der Waals surface area contributed by atoms with Gasteiger partial charge in [-0.2, -0.15) is 0 Å². The summed E-state index contributed by atoms with van der Waals surface area (Å²) < 4.78 is 1.42. The maximum Gasteiger partial charge on any atom is 0.0786 e. The molecule has 0 aromatic carbocycles. The van der Waals surface area contributed by atoms with Crippen LogP contribution in [0.3, 0.4) is 0 Å². The molecule has 0 spiro atoms. The third-order valence-electron chi connectivity index (χ3n) is 3.94. The molecule has 2 nitrogen and oxygen atoms in total. The second-order valence-corrected chi connectivity index (χ2v) is 5.97. The number of hydrogen-bond acceptors (Lipinski definition) is 1. The van der Waals surface area contributed by atoms with Gasteiger partial charge in [-0.1, -0.05) is 61.8 Å². The third-order valence-corrected chi connectivity index (χ3v) is 3.94. The van der Waals surface area contributed by atoms with Crippen LogP contribution < -0.4 is 0 Å². The molecule has 0 bridgehead atoms. The molecular weight excluding hydrogens is 257 g/mol. The van der Waals surface area contributed by atoms with Crippen LogP contribution in [0.1, 0.15) is 86.0 Å². The molecule has 0 unspecified atom stereocenters. The number of quaternary nitrogens is 1. The highest BCUT2D eigenvalue weighted by molar-refractivity contribution is 5.75. The van der Waals surface area contributed by atoms with Crippen molar-refractivity contribution in [1.29, 1.82) is 0 Å². The summed E-state index contributed by atoms with van der Waals surface area (Å²) in [6.07, 6.45) is 11.1. The molecule has 0 aliphatic heterocycles. The van der Waals surface area contributed by atoms with Gasteiger partial charge in [0.05, 0.1) is 26.2 Å². The van der Waals surface area contributed by atoms with Gasteiger partial charge in [0.2, 0.25) is 0 Å². The van der Waals surface area contributed by atoms with Crippen molar-refractivity contribution >= 4 is 8.41 Å². The van der Waals surface area contributed by atoms with Crippen LogP contribution in [0.2, 0.25) is 0 Å². The lowest BCUT2D eigenvalue weighted by atomic mass is 10.1. The maximum absolute atomic E-state index is 7.57. The first-order chi connectivity index (χ1) is 9.66. The summed E-state index contributed by atoms with van der Waals surface area (Å²) >= 11 is 0. The number of hydrogen-bond donors (Lipinski definition) is 1. The Labute approximate surface area is 137 Å². The van der Waals surface area contributed by atoms with E-state index < -0.39 is 0 Å². The minimum absolute atomic E-state index is 0. The van der Waals surface area contributed by atoms with Gasteiger partial charge in [-0.05, 0) is 32.6 Å². The largest absolute Gasteiger partial charge is 0.397 e. The van der Waals surface area contributed by atoms with Gasteiger partial charge in [0, 0.05) is 6.61 Å².